The second-order valence-corrected chi connectivity index (χ2v) is 4.62. The molecule has 0 aliphatic carbocycles. The maximum absolute atomic E-state index is 12.2. The summed E-state index contributed by atoms with van der Waals surface area (Å²) >= 11 is 0. The average Bonchev–Trinajstić information content (AvgIpc) is 2.81. The highest BCUT2D eigenvalue weighted by Crippen LogP contribution is 2.14. The Morgan fingerprint density at radius 1 is 1.56 bits per heavy atom. The van der Waals surface area contributed by atoms with Crippen molar-refractivity contribution >= 4 is 5.97 Å². The van der Waals surface area contributed by atoms with E-state index < -0.39 is 5.97 Å². The minimum absolute atomic E-state index is 0.0708. The SMILES string of the molecule is Cc1ccc(CC(=O)O)c(=O)n1CC1CCCO1. The minimum atomic E-state index is -0.986. The number of carboxylic acids is 1. The van der Waals surface area contributed by atoms with Crippen LogP contribution in [0.15, 0.2) is 16.9 Å². The van der Waals surface area contributed by atoms with Crippen LogP contribution in [0.4, 0.5) is 0 Å². The Morgan fingerprint density at radius 3 is 2.94 bits per heavy atom. The fourth-order valence-electron chi connectivity index (χ4n) is 2.23. The third kappa shape index (κ3) is 2.79. The number of aliphatic carboxylic acids is 1. The Hall–Kier alpha value is -1.62. The largest absolute Gasteiger partial charge is 0.481 e. The van der Waals surface area contributed by atoms with Gasteiger partial charge in [0.05, 0.1) is 19.1 Å². The Bertz CT molecular complexity index is 500. The topological polar surface area (TPSA) is 68.5 Å². The van der Waals surface area contributed by atoms with Gasteiger partial charge in [-0.1, -0.05) is 6.07 Å². The Kier molecular flexibility index (Phi) is 3.81. The molecule has 1 aromatic rings. The van der Waals surface area contributed by atoms with Crippen molar-refractivity contribution in [2.45, 2.75) is 38.8 Å². The molecule has 1 unspecified atom stereocenters. The highest BCUT2D eigenvalue weighted by atomic mass is 16.5. The van der Waals surface area contributed by atoms with Gasteiger partial charge in [0, 0.05) is 17.9 Å². The second-order valence-electron chi connectivity index (χ2n) is 4.62. The fraction of sp³-hybridized carbons (Fsp3) is 0.538. The molecule has 5 heteroatoms. The maximum Gasteiger partial charge on any atom is 0.308 e. The second kappa shape index (κ2) is 5.35. The molecule has 18 heavy (non-hydrogen) atoms. The van der Waals surface area contributed by atoms with Crippen molar-refractivity contribution in [2.24, 2.45) is 0 Å². The molecular formula is C13H17NO4. The van der Waals surface area contributed by atoms with Crippen LogP contribution in [0.5, 0.6) is 0 Å². The standard InChI is InChI=1S/C13H17NO4/c1-9-4-5-10(7-12(15)16)13(17)14(9)8-11-3-2-6-18-11/h4-5,11H,2-3,6-8H2,1H3,(H,15,16). The van der Waals surface area contributed by atoms with E-state index in [4.69, 9.17) is 9.84 Å². The van der Waals surface area contributed by atoms with Gasteiger partial charge in [0.25, 0.3) is 5.56 Å². The van der Waals surface area contributed by atoms with E-state index in [9.17, 15) is 9.59 Å². The maximum atomic E-state index is 12.2. The Labute approximate surface area is 105 Å². The first-order valence-electron chi connectivity index (χ1n) is 6.10. The molecular weight excluding hydrogens is 234 g/mol. The Balaban J connectivity index is 2.27. The lowest BCUT2D eigenvalue weighted by molar-refractivity contribution is -0.136. The minimum Gasteiger partial charge on any atom is -0.481 e. The quantitative estimate of drug-likeness (QED) is 0.865. The van der Waals surface area contributed by atoms with Crippen LogP contribution in [0.1, 0.15) is 24.1 Å². The number of hydrogen-bond acceptors (Lipinski definition) is 3. The highest BCUT2D eigenvalue weighted by Gasteiger charge is 2.18. The molecule has 1 fully saturated rings. The van der Waals surface area contributed by atoms with Gasteiger partial charge in [0.2, 0.25) is 0 Å². The molecule has 1 N–H and O–H groups in total. The van der Waals surface area contributed by atoms with Gasteiger partial charge in [0.15, 0.2) is 0 Å². The lowest BCUT2D eigenvalue weighted by Crippen LogP contribution is -2.31. The molecule has 5 nitrogen and oxygen atoms in total. The van der Waals surface area contributed by atoms with E-state index >= 15 is 0 Å². The number of rotatable bonds is 4. The van der Waals surface area contributed by atoms with Crippen molar-refractivity contribution < 1.29 is 14.6 Å². The van der Waals surface area contributed by atoms with E-state index in [1.54, 1.807) is 16.7 Å². The first kappa shape index (κ1) is 12.8. The van der Waals surface area contributed by atoms with E-state index in [1.807, 2.05) is 6.92 Å². The van der Waals surface area contributed by atoms with Crippen LogP contribution in [-0.4, -0.2) is 28.4 Å². The summed E-state index contributed by atoms with van der Waals surface area (Å²) in [4.78, 5) is 22.8. The molecule has 1 aromatic heterocycles. The van der Waals surface area contributed by atoms with Crippen LogP contribution >= 0.6 is 0 Å². The molecule has 0 amide bonds. The number of aryl methyl sites for hydroxylation is 1. The van der Waals surface area contributed by atoms with Gasteiger partial charge in [-0.25, -0.2) is 0 Å². The fourth-order valence-corrected chi connectivity index (χ4v) is 2.23. The molecule has 1 atom stereocenters. The van der Waals surface area contributed by atoms with Gasteiger partial charge >= 0.3 is 5.97 Å². The number of hydrogen-bond donors (Lipinski definition) is 1. The summed E-state index contributed by atoms with van der Waals surface area (Å²) in [5.41, 5.74) is 0.948. The van der Waals surface area contributed by atoms with Crippen molar-refractivity contribution in [3.8, 4) is 0 Å². The zero-order valence-corrected chi connectivity index (χ0v) is 10.4. The van der Waals surface area contributed by atoms with Gasteiger partial charge in [-0.3, -0.25) is 9.59 Å². The molecule has 0 saturated carbocycles. The Morgan fingerprint density at radius 2 is 2.33 bits per heavy atom. The van der Waals surface area contributed by atoms with Crippen LogP contribution < -0.4 is 5.56 Å². The molecule has 0 aromatic carbocycles. The number of ether oxygens (including phenoxy) is 1. The molecule has 2 heterocycles. The number of aromatic nitrogens is 1. The monoisotopic (exact) mass is 251 g/mol. The first-order valence-corrected chi connectivity index (χ1v) is 6.10. The summed E-state index contributed by atoms with van der Waals surface area (Å²) < 4.78 is 7.13. The third-order valence-corrected chi connectivity index (χ3v) is 3.22. The first-order chi connectivity index (χ1) is 8.58. The number of carboxylic acid groups (broad SMARTS) is 1. The molecule has 1 aliphatic heterocycles. The molecule has 0 bridgehead atoms. The summed E-state index contributed by atoms with van der Waals surface area (Å²) in [6, 6.07) is 3.38. The lowest BCUT2D eigenvalue weighted by Gasteiger charge is -2.15. The van der Waals surface area contributed by atoms with Crippen molar-refractivity contribution in [3.05, 3.63) is 33.7 Å². The zero-order chi connectivity index (χ0) is 13.1. The number of pyridine rings is 1. The highest BCUT2D eigenvalue weighted by molar-refractivity contribution is 5.69. The van der Waals surface area contributed by atoms with Crippen LogP contribution in [0.25, 0.3) is 0 Å². The summed E-state index contributed by atoms with van der Waals surface area (Å²) in [6.45, 7) is 3.10. The van der Waals surface area contributed by atoms with Crippen molar-refractivity contribution in [1.29, 1.82) is 0 Å². The predicted octanol–water partition coefficient (Wildman–Crippen LogP) is 0.963. The van der Waals surface area contributed by atoms with Gasteiger partial charge in [-0.15, -0.1) is 0 Å². The normalized spacial score (nSPS) is 19.1. The predicted molar refractivity (Wildman–Crippen MR) is 65.8 cm³/mol. The van der Waals surface area contributed by atoms with Gasteiger partial charge < -0.3 is 14.4 Å². The van der Waals surface area contributed by atoms with Crippen LogP contribution in [0.3, 0.4) is 0 Å². The van der Waals surface area contributed by atoms with Gasteiger partial charge in [-0.05, 0) is 25.8 Å². The van der Waals surface area contributed by atoms with Gasteiger partial charge in [0.1, 0.15) is 0 Å². The molecule has 2 rings (SSSR count). The van der Waals surface area contributed by atoms with Crippen LogP contribution in [-0.2, 0) is 22.5 Å². The summed E-state index contributed by atoms with van der Waals surface area (Å²) in [5, 5.41) is 8.76. The molecule has 98 valence electrons. The third-order valence-electron chi connectivity index (χ3n) is 3.22. The molecule has 0 radical (unpaired) electrons. The number of carbonyl (C=O) groups is 1. The molecule has 1 aliphatic rings. The summed E-state index contributed by atoms with van der Waals surface area (Å²) in [6.07, 6.45) is 1.81. The van der Waals surface area contributed by atoms with Crippen molar-refractivity contribution in [2.75, 3.05) is 6.61 Å². The van der Waals surface area contributed by atoms with E-state index in [1.165, 1.54) is 0 Å². The summed E-state index contributed by atoms with van der Waals surface area (Å²) in [5.74, 6) is -0.986. The van der Waals surface area contributed by atoms with Crippen molar-refractivity contribution in [3.63, 3.8) is 0 Å². The molecule has 1 saturated heterocycles. The van der Waals surface area contributed by atoms with E-state index in [-0.39, 0.29) is 18.1 Å². The van der Waals surface area contributed by atoms with Crippen LogP contribution in [0, 0.1) is 6.92 Å². The van der Waals surface area contributed by atoms with E-state index in [2.05, 4.69) is 0 Å². The summed E-state index contributed by atoms with van der Waals surface area (Å²) in [7, 11) is 0. The van der Waals surface area contributed by atoms with Gasteiger partial charge in [-0.2, -0.15) is 0 Å². The number of nitrogens with zero attached hydrogens (tertiary/aromatic N) is 1. The van der Waals surface area contributed by atoms with E-state index in [0.717, 1.165) is 25.1 Å². The molecule has 0 spiro atoms. The lowest BCUT2D eigenvalue weighted by atomic mass is 10.1. The van der Waals surface area contributed by atoms with Crippen LogP contribution in [0.2, 0.25) is 0 Å². The average molecular weight is 251 g/mol. The van der Waals surface area contributed by atoms with E-state index in [0.29, 0.717) is 12.1 Å². The van der Waals surface area contributed by atoms with Crippen molar-refractivity contribution in [1.82, 2.24) is 4.57 Å². The zero-order valence-electron chi connectivity index (χ0n) is 10.4. The smallest absolute Gasteiger partial charge is 0.308 e.